The summed E-state index contributed by atoms with van der Waals surface area (Å²) in [6.07, 6.45) is 4.50. The smallest absolute Gasteiger partial charge is 0.228 e. The average molecular weight is 531 g/mol. The second-order valence-corrected chi connectivity index (χ2v) is 8.06. The number of guanidine groups is 1. The minimum atomic E-state index is 0. The maximum Gasteiger partial charge on any atom is 0.228 e. The van der Waals surface area contributed by atoms with Crippen LogP contribution in [0, 0.1) is 0 Å². The summed E-state index contributed by atoms with van der Waals surface area (Å²) < 4.78 is 5.36. The quantitative estimate of drug-likeness (QED) is 0.339. The Morgan fingerprint density at radius 2 is 2.07 bits per heavy atom. The van der Waals surface area contributed by atoms with E-state index in [0.29, 0.717) is 41.8 Å². The Balaban J connectivity index is 0.00000240. The van der Waals surface area contributed by atoms with Crippen LogP contribution in [-0.2, 0) is 6.42 Å². The van der Waals surface area contributed by atoms with Gasteiger partial charge in [0, 0.05) is 55.3 Å². The predicted octanol–water partition coefficient (Wildman–Crippen LogP) is 3.34. The average Bonchev–Trinajstić information content (AvgIpc) is 3.31. The van der Waals surface area contributed by atoms with Crippen LogP contribution in [0.1, 0.15) is 32.1 Å². The van der Waals surface area contributed by atoms with Gasteiger partial charge in [-0.05, 0) is 50.5 Å². The number of nitrogens with one attached hydrogen (secondary N) is 2. The number of benzene rings is 1. The Labute approximate surface area is 193 Å². The fourth-order valence-electron chi connectivity index (χ4n) is 3.82. The molecule has 2 heterocycles. The van der Waals surface area contributed by atoms with Crippen LogP contribution < -0.4 is 10.6 Å². The summed E-state index contributed by atoms with van der Waals surface area (Å²) in [7, 11) is 1.80. The van der Waals surface area contributed by atoms with Crippen LogP contribution in [0.5, 0.6) is 0 Å². The molecule has 1 saturated carbocycles. The van der Waals surface area contributed by atoms with E-state index in [2.05, 4.69) is 37.6 Å². The fourth-order valence-corrected chi connectivity index (χ4v) is 3.95. The second kappa shape index (κ2) is 10.1. The molecule has 2 aromatic rings. The monoisotopic (exact) mass is 530 g/mol. The molecule has 29 heavy (non-hydrogen) atoms. The van der Waals surface area contributed by atoms with Gasteiger partial charge < -0.3 is 15.2 Å². The zero-order valence-electron chi connectivity index (χ0n) is 16.8. The molecule has 1 aromatic heterocycles. The molecule has 1 aromatic carbocycles. The molecule has 1 aliphatic heterocycles. The molecule has 2 fully saturated rings. The first-order valence-corrected chi connectivity index (χ1v) is 10.3. The summed E-state index contributed by atoms with van der Waals surface area (Å²) in [5.41, 5.74) is 0.889. The Morgan fingerprint density at radius 3 is 2.76 bits per heavy atom. The van der Waals surface area contributed by atoms with Crippen LogP contribution >= 0.6 is 35.6 Å². The number of nitrogens with zero attached hydrogens (tertiary/aromatic N) is 4. The standard InChI is InChI=1S/C20H27ClN6O.HI/c1-13-11-16(12-27(13)17-7-8-17)24-20(22-2)23-10-9-18-25-19(26-28-18)14-3-5-15(21)6-4-14;/h3-6,13,16-17H,7-12H2,1-2H3,(H2,22,23,24);1H. The SMILES string of the molecule is CN=C(NCCc1nc(-c2ccc(Cl)cc2)no1)NC1CC(C)N(C2CC2)C1.I. The highest BCUT2D eigenvalue weighted by molar-refractivity contribution is 14.0. The van der Waals surface area contributed by atoms with E-state index in [-0.39, 0.29) is 24.0 Å². The van der Waals surface area contributed by atoms with Crippen molar-refractivity contribution in [2.75, 3.05) is 20.1 Å². The molecule has 0 radical (unpaired) electrons. The molecule has 2 atom stereocenters. The second-order valence-electron chi connectivity index (χ2n) is 7.62. The first-order chi connectivity index (χ1) is 13.6. The number of halogens is 2. The summed E-state index contributed by atoms with van der Waals surface area (Å²) in [6.45, 7) is 4.10. The normalized spacial score (nSPS) is 22.4. The molecule has 2 N–H and O–H groups in total. The van der Waals surface area contributed by atoms with Crippen molar-refractivity contribution in [1.29, 1.82) is 0 Å². The molecule has 1 aliphatic carbocycles. The molecule has 0 bridgehead atoms. The lowest BCUT2D eigenvalue weighted by Crippen LogP contribution is -2.45. The topological polar surface area (TPSA) is 78.6 Å². The third-order valence-electron chi connectivity index (χ3n) is 5.41. The van der Waals surface area contributed by atoms with Gasteiger partial charge in [-0.25, -0.2) is 0 Å². The van der Waals surface area contributed by atoms with Crippen LogP contribution in [0.2, 0.25) is 5.02 Å². The van der Waals surface area contributed by atoms with E-state index in [0.717, 1.165) is 30.5 Å². The van der Waals surface area contributed by atoms with Crippen molar-refractivity contribution < 1.29 is 4.52 Å². The summed E-state index contributed by atoms with van der Waals surface area (Å²) in [5, 5.41) is 11.6. The maximum atomic E-state index is 5.92. The van der Waals surface area contributed by atoms with Gasteiger partial charge in [0.1, 0.15) is 0 Å². The van der Waals surface area contributed by atoms with Crippen molar-refractivity contribution in [1.82, 2.24) is 25.7 Å². The van der Waals surface area contributed by atoms with Crippen molar-refractivity contribution >= 4 is 41.5 Å². The summed E-state index contributed by atoms with van der Waals surface area (Å²) in [4.78, 5) is 11.4. The van der Waals surface area contributed by atoms with E-state index < -0.39 is 0 Å². The van der Waals surface area contributed by atoms with Crippen molar-refractivity contribution in [2.24, 2.45) is 4.99 Å². The molecule has 9 heteroatoms. The van der Waals surface area contributed by atoms with Crippen molar-refractivity contribution in [3.63, 3.8) is 0 Å². The first kappa shape index (κ1) is 22.3. The summed E-state index contributed by atoms with van der Waals surface area (Å²) in [6, 6.07) is 9.30. The van der Waals surface area contributed by atoms with E-state index in [1.165, 1.54) is 12.8 Å². The summed E-state index contributed by atoms with van der Waals surface area (Å²) >= 11 is 5.92. The third kappa shape index (κ3) is 5.82. The van der Waals surface area contributed by atoms with E-state index in [4.69, 9.17) is 16.1 Å². The highest BCUT2D eigenvalue weighted by Gasteiger charge is 2.38. The van der Waals surface area contributed by atoms with Crippen LogP contribution in [-0.4, -0.2) is 59.3 Å². The first-order valence-electron chi connectivity index (χ1n) is 9.94. The highest BCUT2D eigenvalue weighted by Crippen LogP contribution is 2.33. The molecule has 0 spiro atoms. The zero-order chi connectivity index (χ0) is 19.5. The molecule has 0 amide bonds. The lowest BCUT2D eigenvalue weighted by molar-refractivity contribution is 0.256. The molecule has 2 aliphatic rings. The number of likely N-dealkylation sites (tertiary alicyclic amines) is 1. The molecule has 158 valence electrons. The highest BCUT2D eigenvalue weighted by atomic mass is 127. The molecular weight excluding hydrogens is 503 g/mol. The number of aromatic nitrogens is 2. The van der Waals surface area contributed by atoms with Crippen molar-refractivity contribution in [3.8, 4) is 11.4 Å². The molecule has 4 rings (SSSR count). The Kier molecular flexibility index (Phi) is 7.75. The number of aliphatic imine (C=N–C) groups is 1. The van der Waals surface area contributed by atoms with Gasteiger partial charge in [0.05, 0.1) is 0 Å². The van der Waals surface area contributed by atoms with Crippen LogP contribution in [0.25, 0.3) is 11.4 Å². The van der Waals surface area contributed by atoms with Gasteiger partial charge in [-0.3, -0.25) is 9.89 Å². The fraction of sp³-hybridized carbons (Fsp3) is 0.550. The van der Waals surface area contributed by atoms with E-state index in [9.17, 15) is 0 Å². The minimum absolute atomic E-state index is 0. The van der Waals surface area contributed by atoms with Gasteiger partial charge >= 0.3 is 0 Å². The van der Waals surface area contributed by atoms with Crippen LogP contribution in [0.4, 0.5) is 0 Å². The number of hydrogen-bond acceptors (Lipinski definition) is 5. The van der Waals surface area contributed by atoms with E-state index in [1.807, 2.05) is 24.3 Å². The van der Waals surface area contributed by atoms with Gasteiger partial charge in [-0.1, -0.05) is 16.8 Å². The maximum absolute atomic E-state index is 5.92. The molecule has 1 saturated heterocycles. The minimum Gasteiger partial charge on any atom is -0.356 e. The zero-order valence-corrected chi connectivity index (χ0v) is 19.9. The third-order valence-corrected chi connectivity index (χ3v) is 5.66. The molecule has 2 unspecified atom stereocenters. The molecule has 7 nitrogen and oxygen atoms in total. The Morgan fingerprint density at radius 1 is 1.31 bits per heavy atom. The van der Waals surface area contributed by atoms with E-state index in [1.54, 1.807) is 7.05 Å². The van der Waals surface area contributed by atoms with Gasteiger partial charge in [-0.2, -0.15) is 4.98 Å². The van der Waals surface area contributed by atoms with Gasteiger partial charge in [-0.15, -0.1) is 24.0 Å². The largest absolute Gasteiger partial charge is 0.356 e. The summed E-state index contributed by atoms with van der Waals surface area (Å²) in [5.74, 6) is 2.00. The lowest BCUT2D eigenvalue weighted by atomic mass is 10.2. The van der Waals surface area contributed by atoms with Gasteiger partial charge in [0.2, 0.25) is 11.7 Å². The number of hydrogen-bond donors (Lipinski definition) is 2. The molecular formula is C20H28ClIN6O. The van der Waals surface area contributed by atoms with Crippen molar-refractivity contribution in [3.05, 3.63) is 35.2 Å². The van der Waals surface area contributed by atoms with Gasteiger partial charge in [0.25, 0.3) is 0 Å². The lowest BCUT2D eigenvalue weighted by Gasteiger charge is -2.20. The van der Waals surface area contributed by atoms with Crippen LogP contribution in [0.3, 0.4) is 0 Å². The Bertz CT molecular complexity index is 823. The van der Waals surface area contributed by atoms with Gasteiger partial charge in [0.15, 0.2) is 5.96 Å². The van der Waals surface area contributed by atoms with E-state index >= 15 is 0 Å². The predicted molar refractivity (Wildman–Crippen MR) is 126 cm³/mol. The Hall–Kier alpha value is -1.39. The van der Waals surface area contributed by atoms with Crippen LogP contribution in [0.15, 0.2) is 33.8 Å². The number of rotatable bonds is 6. The van der Waals surface area contributed by atoms with Crippen molar-refractivity contribution in [2.45, 2.75) is 50.7 Å².